The van der Waals surface area contributed by atoms with E-state index in [4.69, 9.17) is 23.2 Å². The highest BCUT2D eigenvalue weighted by Crippen LogP contribution is 2.34. The molecule has 3 aliphatic heterocycles. The van der Waals surface area contributed by atoms with Crippen molar-refractivity contribution in [3.8, 4) is 0 Å². The molecule has 2 bridgehead atoms. The van der Waals surface area contributed by atoms with Crippen LogP contribution >= 0.6 is 23.2 Å². The molecule has 2 amide bonds. The molecule has 2 unspecified atom stereocenters. The van der Waals surface area contributed by atoms with Crippen molar-refractivity contribution >= 4 is 57.1 Å². The van der Waals surface area contributed by atoms with Gasteiger partial charge in [0.15, 0.2) is 11.6 Å². The zero-order valence-corrected chi connectivity index (χ0v) is 25.9. The lowest BCUT2D eigenvalue weighted by molar-refractivity contribution is 0.0653. The summed E-state index contributed by atoms with van der Waals surface area (Å²) in [5.41, 5.74) is 3.52. The molecule has 0 radical (unpaired) electrons. The van der Waals surface area contributed by atoms with Crippen LogP contribution in [0.4, 0.5) is 4.39 Å². The molecule has 43 heavy (non-hydrogen) atoms. The Bertz CT molecular complexity index is 1590. The molecular formula is C30H35Cl2FN8O2. The van der Waals surface area contributed by atoms with Gasteiger partial charge in [0.25, 0.3) is 11.8 Å². The third-order valence-electron chi connectivity index (χ3n) is 8.93. The van der Waals surface area contributed by atoms with E-state index in [1.807, 2.05) is 17.9 Å². The second-order valence-electron chi connectivity index (χ2n) is 11.9. The lowest BCUT2D eigenvalue weighted by atomic mass is 9.98. The quantitative estimate of drug-likeness (QED) is 0.305. The van der Waals surface area contributed by atoms with E-state index in [1.165, 1.54) is 25.0 Å². The Hall–Kier alpha value is -3.25. The molecule has 5 heterocycles. The lowest BCUT2D eigenvalue weighted by Gasteiger charge is -2.36. The van der Waals surface area contributed by atoms with Crippen LogP contribution < -0.4 is 5.32 Å². The first kappa shape index (κ1) is 29.8. The summed E-state index contributed by atoms with van der Waals surface area (Å²) >= 11 is 11.8. The van der Waals surface area contributed by atoms with Crippen molar-refractivity contribution in [1.29, 1.82) is 0 Å². The molecule has 2 aromatic carbocycles. The number of benzene rings is 2. The molecule has 0 spiro atoms. The Labute approximate surface area is 258 Å². The minimum absolute atomic E-state index is 0.00264. The monoisotopic (exact) mass is 628 g/mol. The van der Waals surface area contributed by atoms with E-state index in [2.05, 4.69) is 49.1 Å². The normalized spacial score (nSPS) is 22.6. The minimum atomic E-state index is -0.526. The standard InChI is InChI=1S/C16H18ClFN4O.C14H17ClN4O/c1-22-9-2-3-10(22)5-8(4-9)19-16(23)15-20-13-6-11(17)12(18)7-14(13)21-15;1-9-7-11-12(8-10(9)15)17-13(16-11)14(20)19-5-3-18(2)4-6-19/h6-10H,2-5H2,1H3,(H,19,23)(H,20,21);7-8H,3-6H2,1-2H3,(H,16,17). The first-order valence-corrected chi connectivity index (χ1v) is 15.3. The number of aromatic amines is 2. The average Bonchev–Trinajstić information content (AvgIpc) is 3.62. The highest BCUT2D eigenvalue weighted by atomic mass is 35.5. The van der Waals surface area contributed by atoms with Crippen LogP contribution in [0.5, 0.6) is 0 Å². The molecule has 7 rings (SSSR count). The number of hydrogen-bond acceptors (Lipinski definition) is 6. The van der Waals surface area contributed by atoms with Gasteiger partial charge in [-0.2, -0.15) is 0 Å². The van der Waals surface area contributed by atoms with Crippen molar-refractivity contribution in [1.82, 2.24) is 40.0 Å². The summed E-state index contributed by atoms with van der Waals surface area (Å²) < 4.78 is 13.5. The molecule has 228 valence electrons. The molecule has 3 fully saturated rings. The van der Waals surface area contributed by atoms with E-state index in [1.54, 1.807) is 6.07 Å². The van der Waals surface area contributed by atoms with Crippen LogP contribution in [0, 0.1) is 12.7 Å². The van der Waals surface area contributed by atoms with Crippen molar-refractivity contribution in [2.75, 3.05) is 40.3 Å². The number of hydrogen-bond donors (Lipinski definition) is 3. The second kappa shape index (κ2) is 12.0. The number of fused-ring (bicyclic) bond motifs is 4. The van der Waals surface area contributed by atoms with Crippen LogP contribution in [0.25, 0.3) is 22.1 Å². The van der Waals surface area contributed by atoms with E-state index in [-0.39, 0.29) is 28.7 Å². The zero-order valence-electron chi connectivity index (χ0n) is 24.4. The highest BCUT2D eigenvalue weighted by molar-refractivity contribution is 6.32. The number of carbonyl (C=O) groups is 2. The molecule has 10 nitrogen and oxygen atoms in total. The Morgan fingerprint density at radius 3 is 2.14 bits per heavy atom. The number of likely N-dealkylation sites (N-methyl/N-ethyl adjacent to an activating group) is 1. The van der Waals surface area contributed by atoms with E-state index >= 15 is 0 Å². The first-order valence-electron chi connectivity index (χ1n) is 14.6. The third-order valence-corrected chi connectivity index (χ3v) is 9.62. The summed E-state index contributed by atoms with van der Waals surface area (Å²) in [6.07, 6.45) is 4.35. The molecule has 4 aromatic rings. The van der Waals surface area contributed by atoms with Crippen LogP contribution in [0.1, 0.15) is 52.5 Å². The van der Waals surface area contributed by atoms with E-state index in [9.17, 15) is 14.0 Å². The predicted octanol–water partition coefficient (Wildman–Crippen LogP) is 4.62. The number of rotatable bonds is 3. The number of amides is 2. The largest absolute Gasteiger partial charge is 0.347 e. The number of aryl methyl sites for hydroxylation is 1. The van der Waals surface area contributed by atoms with Crippen molar-refractivity contribution in [3.63, 3.8) is 0 Å². The molecule has 0 saturated carbocycles. The topological polar surface area (TPSA) is 113 Å². The van der Waals surface area contributed by atoms with Gasteiger partial charge in [0, 0.05) is 55.4 Å². The average molecular weight is 630 g/mol. The van der Waals surface area contributed by atoms with Crippen LogP contribution in [-0.2, 0) is 0 Å². The number of aromatic nitrogens is 4. The van der Waals surface area contributed by atoms with E-state index in [0.29, 0.717) is 34.0 Å². The summed E-state index contributed by atoms with van der Waals surface area (Å²) in [4.78, 5) is 45.9. The van der Waals surface area contributed by atoms with Crippen LogP contribution in [0.15, 0.2) is 24.3 Å². The second-order valence-corrected chi connectivity index (χ2v) is 12.7. The number of piperazine rings is 1. The van der Waals surface area contributed by atoms with Gasteiger partial charge in [-0.05, 0) is 70.5 Å². The van der Waals surface area contributed by atoms with Gasteiger partial charge in [-0.3, -0.25) is 9.59 Å². The van der Waals surface area contributed by atoms with Gasteiger partial charge in [-0.25, -0.2) is 14.4 Å². The van der Waals surface area contributed by atoms with Gasteiger partial charge in [0.1, 0.15) is 5.82 Å². The highest BCUT2D eigenvalue weighted by Gasteiger charge is 2.39. The fourth-order valence-electron chi connectivity index (χ4n) is 6.30. The Morgan fingerprint density at radius 2 is 1.47 bits per heavy atom. The summed E-state index contributed by atoms with van der Waals surface area (Å²) in [5.74, 6) is -0.212. The summed E-state index contributed by atoms with van der Waals surface area (Å²) in [6.45, 7) is 5.22. The van der Waals surface area contributed by atoms with Crippen LogP contribution in [0.2, 0.25) is 10.0 Å². The number of nitrogens with one attached hydrogen (secondary N) is 3. The predicted molar refractivity (Wildman–Crippen MR) is 165 cm³/mol. The van der Waals surface area contributed by atoms with Crippen LogP contribution in [0.3, 0.4) is 0 Å². The number of H-pyrrole nitrogens is 2. The number of nitrogens with zero attached hydrogens (tertiary/aromatic N) is 5. The number of piperidine rings is 1. The molecule has 0 aliphatic carbocycles. The Morgan fingerprint density at radius 1 is 0.884 bits per heavy atom. The lowest BCUT2D eigenvalue weighted by Crippen LogP contribution is -2.48. The SMILES string of the molecule is CN1C2CCC1CC(NC(=O)c1nc3cc(Cl)c(F)cc3[nH]1)C2.Cc1cc2[nH]c(C(=O)N3CCN(C)CC3)nc2cc1Cl. The van der Waals surface area contributed by atoms with E-state index in [0.717, 1.165) is 55.6 Å². The molecule has 2 atom stereocenters. The molecule has 13 heteroatoms. The third kappa shape index (κ3) is 6.22. The van der Waals surface area contributed by atoms with Crippen LogP contribution in [-0.4, -0.2) is 105 Å². The molecule has 2 aromatic heterocycles. The van der Waals surface area contributed by atoms with Gasteiger partial charge >= 0.3 is 0 Å². The number of imidazole rings is 2. The van der Waals surface area contributed by atoms with Gasteiger partial charge in [0.05, 0.1) is 27.1 Å². The van der Waals surface area contributed by atoms with Gasteiger partial charge in [-0.15, -0.1) is 0 Å². The van der Waals surface area contributed by atoms with Crippen molar-refractivity contribution in [3.05, 3.63) is 57.3 Å². The molecule has 3 N–H and O–H groups in total. The Kier molecular flexibility index (Phi) is 8.34. The maximum absolute atomic E-state index is 13.5. The van der Waals surface area contributed by atoms with Gasteiger partial charge < -0.3 is 30.0 Å². The van der Waals surface area contributed by atoms with Gasteiger partial charge in [-0.1, -0.05) is 23.2 Å². The zero-order chi connectivity index (χ0) is 30.4. The summed E-state index contributed by atoms with van der Waals surface area (Å²) in [5, 5.41) is 3.73. The first-order chi connectivity index (χ1) is 20.5. The number of carbonyl (C=O) groups excluding carboxylic acids is 2. The summed E-state index contributed by atoms with van der Waals surface area (Å²) in [6, 6.07) is 7.69. The van der Waals surface area contributed by atoms with E-state index < -0.39 is 5.82 Å². The molecular weight excluding hydrogens is 594 g/mol. The summed E-state index contributed by atoms with van der Waals surface area (Å²) in [7, 11) is 4.23. The minimum Gasteiger partial charge on any atom is -0.347 e. The molecule has 3 aliphatic rings. The molecule has 3 saturated heterocycles. The number of halogens is 3. The maximum atomic E-state index is 13.5. The fraction of sp³-hybridized carbons (Fsp3) is 0.467. The van der Waals surface area contributed by atoms with Crippen molar-refractivity contribution in [2.24, 2.45) is 0 Å². The van der Waals surface area contributed by atoms with Gasteiger partial charge in [0.2, 0.25) is 0 Å². The van der Waals surface area contributed by atoms with Crippen molar-refractivity contribution in [2.45, 2.75) is 50.7 Å². The smallest absolute Gasteiger partial charge is 0.289 e. The fourth-order valence-corrected chi connectivity index (χ4v) is 6.61. The van der Waals surface area contributed by atoms with Crippen molar-refractivity contribution < 1.29 is 14.0 Å². The maximum Gasteiger partial charge on any atom is 0.289 e. The Balaban J connectivity index is 0.000000155.